The van der Waals surface area contributed by atoms with Gasteiger partial charge in [-0.1, -0.05) is 0 Å². The van der Waals surface area contributed by atoms with E-state index in [0.717, 1.165) is 0 Å². The number of amides is 5. The number of hydrogen-bond donors (Lipinski definition) is 10. The Morgan fingerprint density at radius 2 is 1.04 bits per heavy atom. The number of hydrogen-bond acceptors (Lipinski definition) is 11. The molecular weight excluding hydrogens is 606 g/mol. The molecule has 260 valence electrons. The molecule has 0 aromatic heterocycles. The lowest BCUT2D eigenvalue weighted by atomic mass is 10.0. The fraction of sp³-hybridized carbons (Fsp3) is 0.786. The summed E-state index contributed by atoms with van der Waals surface area (Å²) >= 11 is 1.49. The highest BCUT2D eigenvalue weighted by Gasteiger charge is 2.29. The van der Waals surface area contributed by atoms with E-state index in [1.807, 2.05) is 6.26 Å². The van der Waals surface area contributed by atoms with Gasteiger partial charge in [-0.2, -0.15) is 11.8 Å². The molecule has 16 nitrogen and oxygen atoms in total. The minimum atomic E-state index is -1.20. The van der Waals surface area contributed by atoms with E-state index >= 15 is 0 Å². The van der Waals surface area contributed by atoms with Crippen molar-refractivity contribution in [3.8, 4) is 0 Å². The molecule has 0 heterocycles. The largest absolute Gasteiger partial charge is 0.480 e. The number of nitrogens with one attached hydrogen (secondary N) is 5. The number of carbonyl (C=O) groups is 6. The maximum atomic E-state index is 13.4. The highest BCUT2D eigenvalue weighted by atomic mass is 32.2. The molecule has 0 aromatic rings. The summed E-state index contributed by atoms with van der Waals surface area (Å²) in [4.78, 5) is 75.9. The third-order valence-corrected chi connectivity index (χ3v) is 7.46. The summed E-state index contributed by atoms with van der Waals surface area (Å²) in [5, 5.41) is 22.4. The van der Waals surface area contributed by atoms with Gasteiger partial charge in [-0.15, -0.1) is 0 Å². The van der Waals surface area contributed by atoms with Gasteiger partial charge >= 0.3 is 5.97 Å². The first-order valence-electron chi connectivity index (χ1n) is 15.5. The second-order valence-electron chi connectivity index (χ2n) is 10.8. The quantitative estimate of drug-likeness (QED) is 0.0435. The fourth-order valence-corrected chi connectivity index (χ4v) is 4.63. The lowest BCUT2D eigenvalue weighted by Gasteiger charge is -2.25. The van der Waals surface area contributed by atoms with Crippen molar-refractivity contribution in [1.29, 1.82) is 0 Å². The average molecular weight is 662 g/mol. The van der Waals surface area contributed by atoms with Gasteiger partial charge in [-0.05, 0) is 103 Å². The fourth-order valence-electron chi connectivity index (χ4n) is 4.16. The first-order valence-corrected chi connectivity index (χ1v) is 16.9. The third kappa shape index (κ3) is 19.2. The molecule has 0 fully saturated rings. The molecule has 14 N–H and O–H groups in total. The lowest BCUT2D eigenvalue weighted by molar-refractivity contribution is -0.142. The molecular formula is C28H55N9O7S. The number of rotatable bonds is 26. The van der Waals surface area contributed by atoms with Gasteiger partial charge in [-0.3, -0.25) is 24.0 Å². The van der Waals surface area contributed by atoms with Gasteiger partial charge in [0.15, 0.2) is 0 Å². The Hall–Kier alpha value is -2.99. The SMILES string of the molecule is CSCC[C@H](NC(=O)[C@H](C)N)C(=O)NCC(=O)N[C@@H](CCCCN)C(=O)N[C@@H](CCCCN)C(=O)N[C@@H](CCCCN)C(=O)O. The zero-order chi connectivity index (χ0) is 34.2. The Kier molecular flexibility index (Phi) is 23.6. The van der Waals surface area contributed by atoms with Crippen molar-refractivity contribution in [2.75, 3.05) is 38.2 Å². The highest BCUT2D eigenvalue weighted by Crippen LogP contribution is 2.08. The van der Waals surface area contributed by atoms with Gasteiger partial charge in [-0.25, -0.2) is 4.79 Å². The molecule has 0 aliphatic heterocycles. The number of thioether (sulfide) groups is 1. The van der Waals surface area contributed by atoms with Crippen LogP contribution in [0.5, 0.6) is 0 Å². The normalized spacial score (nSPS) is 14.3. The summed E-state index contributed by atoms with van der Waals surface area (Å²) in [6, 6.07) is -5.00. The van der Waals surface area contributed by atoms with E-state index in [-0.39, 0.29) is 19.3 Å². The van der Waals surface area contributed by atoms with Crippen molar-refractivity contribution in [3.05, 3.63) is 0 Å². The monoisotopic (exact) mass is 661 g/mol. The van der Waals surface area contributed by atoms with Crippen LogP contribution in [0.15, 0.2) is 0 Å². The minimum absolute atomic E-state index is 0.179. The van der Waals surface area contributed by atoms with Crippen molar-refractivity contribution in [2.24, 2.45) is 22.9 Å². The van der Waals surface area contributed by atoms with E-state index in [1.165, 1.54) is 18.7 Å². The maximum absolute atomic E-state index is 13.4. The predicted molar refractivity (Wildman–Crippen MR) is 174 cm³/mol. The van der Waals surface area contributed by atoms with E-state index in [4.69, 9.17) is 22.9 Å². The van der Waals surface area contributed by atoms with Crippen LogP contribution in [0.1, 0.15) is 71.1 Å². The molecule has 5 atom stereocenters. The lowest BCUT2D eigenvalue weighted by Crippen LogP contribution is -2.57. The Labute approximate surface area is 270 Å². The van der Waals surface area contributed by atoms with Gasteiger partial charge < -0.3 is 54.6 Å². The van der Waals surface area contributed by atoms with Crippen LogP contribution in [0.2, 0.25) is 0 Å². The molecule has 0 rings (SSSR count). The molecule has 0 radical (unpaired) electrons. The number of unbranched alkanes of at least 4 members (excludes halogenated alkanes) is 3. The molecule has 0 saturated carbocycles. The van der Waals surface area contributed by atoms with Crippen molar-refractivity contribution in [3.63, 3.8) is 0 Å². The number of carbonyl (C=O) groups excluding carboxylic acids is 5. The Morgan fingerprint density at radius 3 is 1.49 bits per heavy atom. The number of aliphatic carboxylic acids is 1. The molecule has 0 aromatic carbocycles. The van der Waals surface area contributed by atoms with Crippen LogP contribution in [0.4, 0.5) is 0 Å². The van der Waals surface area contributed by atoms with Crippen molar-refractivity contribution < 1.29 is 33.9 Å². The zero-order valence-corrected chi connectivity index (χ0v) is 27.4. The minimum Gasteiger partial charge on any atom is -0.480 e. The van der Waals surface area contributed by atoms with Gasteiger partial charge in [0.1, 0.15) is 24.2 Å². The van der Waals surface area contributed by atoms with E-state index in [0.29, 0.717) is 70.3 Å². The van der Waals surface area contributed by atoms with Crippen molar-refractivity contribution >= 4 is 47.3 Å². The van der Waals surface area contributed by atoms with Crippen LogP contribution in [-0.2, 0) is 28.8 Å². The Balaban J connectivity index is 5.58. The predicted octanol–water partition coefficient (Wildman–Crippen LogP) is -2.39. The standard InChI is InChI=1S/C28H55N9O7S/c1-18(32)24(39)35-21(12-16-45-2)25(40)33-17-23(38)34-19(9-3-6-13-29)26(41)36-20(10-4-7-14-30)27(42)37-22(28(43)44)11-5-8-15-31/h18-22H,3-17,29-32H2,1-2H3,(H,33,40)(H,34,38)(H,35,39)(H,36,41)(H,37,42)(H,43,44)/t18-,19-,20-,21-,22-/m0/s1. The average Bonchev–Trinajstić information content (AvgIpc) is 3.00. The van der Waals surface area contributed by atoms with Crippen LogP contribution < -0.4 is 49.5 Å². The third-order valence-electron chi connectivity index (χ3n) is 6.82. The first-order chi connectivity index (χ1) is 21.4. The highest BCUT2D eigenvalue weighted by molar-refractivity contribution is 7.98. The first kappa shape index (κ1) is 42.0. The van der Waals surface area contributed by atoms with Gasteiger partial charge in [0, 0.05) is 0 Å². The summed E-state index contributed by atoms with van der Waals surface area (Å²) in [6.07, 6.45) is 6.01. The van der Waals surface area contributed by atoms with Crippen LogP contribution in [0.3, 0.4) is 0 Å². The zero-order valence-electron chi connectivity index (χ0n) is 26.6. The smallest absolute Gasteiger partial charge is 0.326 e. The molecule has 17 heteroatoms. The van der Waals surface area contributed by atoms with E-state index in [1.54, 1.807) is 0 Å². The topological polar surface area (TPSA) is 287 Å². The summed E-state index contributed by atoms with van der Waals surface area (Å²) in [5.74, 6) is -3.67. The van der Waals surface area contributed by atoms with E-state index in [2.05, 4.69) is 26.6 Å². The van der Waals surface area contributed by atoms with Crippen LogP contribution >= 0.6 is 11.8 Å². The van der Waals surface area contributed by atoms with E-state index < -0.39 is 72.3 Å². The summed E-state index contributed by atoms with van der Waals surface area (Å²) in [5.41, 5.74) is 22.3. The second kappa shape index (κ2) is 25.2. The van der Waals surface area contributed by atoms with Crippen molar-refractivity contribution in [1.82, 2.24) is 26.6 Å². The molecule has 0 bridgehead atoms. The molecule has 0 aliphatic rings. The van der Waals surface area contributed by atoms with Gasteiger partial charge in [0.2, 0.25) is 29.5 Å². The van der Waals surface area contributed by atoms with Crippen LogP contribution in [0.25, 0.3) is 0 Å². The number of nitrogens with two attached hydrogens (primary N) is 4. The second-order valence-corrected chi connectivity index (χ2v) is 11.8. The van der Waals surface area contributed by atoms with Gasteiger partial charge in [0.05, 0.1) is 12.6 Å². The van der Waals surface area contributed by atoms with Crippen LogP contribution in [-0.4, -0.2) is 109 Å². The molecule has 0 spiro atoms. The molecule has 45 heavy (non-hydrogen) atoms. The van der Waals surface area contributed by atoms with Crippen molar-refractivity contribution in [2.45, 2.75) is 101 Å². The number of carboxylic acids is 1. The maximum Gasteiger partial charge on any atom is 0.326 e. The Bertz CT molecular complexity index is 927. The number of carboxylic acid groups (broad SMARTS) is 1. The summed E-state index contributed by atoms with van der Waals surface area (Å²) in [7, 11) is 0. The van der Waals surface area contributed by atoms with E-state index in [9.17, 15) is 33.9 Å². The molecule has 0 unspecified atom stereocenters. The molecule has 0 saturated heterocycles. The summed E-state index contributed by atoms with van der Waals surface area (Å²) in [6.45, 7) is 2.15. The Morgan fingerprint density at radius 1 is 0.622 bits per heavy atom. The van der Waals surface area contributed by atoms with Crippen LogP contribution in [0, 0.1) is 0 Å². The summed E-state index contributed by atoms with van der Waals surface area (Å²) < 4.78 is 0. The molecule has 0 aliphatic carbocycles. The molecule has 5 amide bonds. The van der Waals surface area contributed by atoms with Gasteiger partial charge in [0.25, 0.3) is 0 Å².